The number of hydrogen-bond acceptors (Lipinski definition) is 1. The van der Waals surface area contributed by atoms with E-state index in [0.29, 0.717) is 12.5 Å². The molecule has 1 atom stereocenters. The highest BCUT2D eigenvalue weighted by Crippen LogP contribution is 2.32. The largest absolute Gasteiger partial charge is 0.327 e. The Bertz CT molecular complexity index is 852. The molecule has 0 aliphatic rings. The van der Waals surface area contributed by atoms with Crippen molar-refractivity contribution < 1.29 is 0 Å². The zero-order valence-corrected chi connectivity index (χ0v) is 17.4. The molecule has 2 aromatic rings. The van der Waals surface area contributed by atoms with Crippen LogP contribution >= 0.6 is 0 Å². The molecule has 1 heteroatoms. The van der Waals surface area contributed by atoms with Crippen LogP contribution in [0.1, 0.15) is 77.0 Å². The topological polar surface area (TPSA) is 26.0 Å². The molecule has 2 aromatic carbocycles. The lowest BCUT2D eigenvalue weighted by atomic mass is 9.81. The number of rotatable bonds is 5. The van der Waals surface area contributed by atoms with Crippen LogP contribution in [0.25, 0.3) is 11.6 Å². The molecular weight excluding hydrogens is 314 g/mol. The van der Waals surface area contributed by atoms with Gasteiger partial charge in [0.25, 0.3) is 0 Å². The second-order valence-electron chi connectivity index (χ2n) is 8.39. The summed E-state index contributed by atoms with van der Waals surface area (Å²) >= 11 is 0. The van der Waals surface area contributed by atoms with Crippen molar-refractivity contribution in [3.63, 3.8) is 0 Å². The molecular formula is C25H35N. The summed E-state index contributed by atoms with van der Waals surface area (Å²) in [6.07, 6.45) is 4.53. The minimum Gasteiger partial charge on any atom is -0.327 e. The van der Waals surface area contributed by atoms with Gasteiger partial charge in [-0.25, -0.2) is 0 Å². The summed E-state index contributed by atoms with van der Waals surface area (Å²) in [7, 11) is 0. The highest BCUT2D eigenvalue weighted by Gasteiger charge is 2.18. The van der Waals surface area contributed by atoms with Crippen LogP contribution < -0.4 is 16.2 Å². The maximum atomic E-state index is 5.79. The van der Waals surface area contributed by atoms with Crippen LogP contribution in [0.4, 0.5) is 0 Å². The van der Waals surface area contributed by atoms with Crippen LogP contribution in [0.3, 0.4) is 0 Å². The zero-order valence-electron chi connectivity index (χ0n) is 17.4. The van der Waals surface area contributed by atoms with Crippen LogP contribution in [-0.2, 0) is 5.41 Å². The highest BCUT2D eigenvalue weighted by molar-refractivity contribution is 5.68. The summed E-state index contributed by atoms with van der Waals surface area (Å²) in [4.78, 5) is 0. The Morgan fingerprint density at radius 3 is 2.42 bits per heavy atom. The normalized spacial score (nSPS) is 15.1. The lowest BCUT2D eigenvalue weighted by Gasteiger charge is -2.24. The summed E-state index contributed by atoms with van der Waals surface area (Å²) in [5, 5.41) is 2.51. The van der Waals surface area contributed by atoms with Crippen molar-refractivity contribution in [1.82, 2.24) is 0 Å². The van der Waals surface area contributed by atoms with Gasteiger partial charge in [0.2, 0.25) is 0 Å². The molecule has 0 saturated carbocycles. The van der Waals surface area contributed by atoms with Crippen molar-refractivity contribution in [2.24, 2.45) is 5.73 Å². The molecule has 1 unspecified atom stereocenters. The first-order chi connectivity index (χ1) is 12.3. The molecule has 0 spiro atoms. The van der Waals surface area contributed by atoms with E-state index >= 15 is 0 Å². The van der Waals surface area contributed by atoms with Gasteiger partial charge < -0.3 is 5.73 Å². The van der Waals surface area contributed by atoms with E-state index < -0.39 is 0 Å². The first kappa shape index (κ1) is 20.5. The SMILES string of the molecule is CCCC(C)c1cc(C(C)(C)C)ccc1/C(C)=c1\cccc\c1=C\CN. The predicted octanol–water partition coefficient (Wildman–Crippen LogP) is 4.85. The fraction of sp³-hybridized carbons (Fsp3) is 0.440. The molecule has 0 aliphatic heterocycles. The van der Waals surface area contributed by atoms with Gasteiger partial charge >= 0.3 is 0 Å². The van der Waals surface area contributed by atoms with Crippen molar-refractivity contribution in [2.75, 3.05) is 6.54 Å². The molecule has 0 radical (unpaired) electrons. The molecule has 2 rings (SSSR count). The van der Waals surface area contributed by atoms with Gasteiger partial charge in [0, 0.05) is 6.54 Å². The van der Waals surface area contributed by atoms with E-state index in [1.165, 1.54) is 45.5 Å². The van der Waals surface area contributed by atoms with E-state index in [2.05, 4.69) is 90.1 Å². The second kappa shape index (κ2) is 8.68. The summed E-state index contributed by atoms with van der Waals surface area (Å²) in [6.45, 7) is 14.3. The second-order valence-corrected chi connectivity index (χ2v) is 8.39. The fourth-order valence-electron chi connectivity index (χ4n) is 3.66. The lowest BCUT2D eigenvalue weighted by Crippen LogP contribution is -2.27. The molecule has 2 N–H and O–H groups in total. The average molecular weight is 350 g/mol. The van der Waals surface area contributed by atoms with E-state index in [1.54, 1.807) is 0 Å². The number of benzene rings is 2. The van der Waals surface area contributed by atoms with Gasteiger partial charge in [0.05, 0.1) is 0 Å². The Labute approximate surface area is 159 Å². The minimum absolute atomic E-state index is 0.165. The van der Waals surface area contributed by atoms with E-state index in [0.717, 1.165) is 0 Å². The summed E-state index contributed by atoms with van der Waals surface area (Å²) in [6, 6.07) is 15.6. The highest BCUT2D eigenvalue weighted by atomic mass is 14.5. The van der Waals surface area contributed by atoms with Gasteiger partial charge in [-0.05, 0) is 57.4 Å². The first-order valence-corrected chi connectivity index (χ1v) is 9.90. The molecule has 0 amide bonds. The van der Waals surface area contributed by atoms with Gasteiger partial charge in [-0.1, -0.05) is 89.6 Å². The molecule has 140 valence electrons. The van der Waals surface area contributed by atoms with Gasteiger partial charge in [0.15, 0.2) is 0 Å². The number of nitrogens with two attached hydrogens (primary N) is 1. The Hall–Kier alpha value is -1.86. The standard InChI is InChI=1S/C25H35N/c1-7-10-18(2)24-17-21(25(4,5)6)13-14-23(24)19(3)22-12-9-8-11-20(22)15-16-26/h8-9,11-15,17-18H,7,10,16,26H2,1-6H3/b20-15-,22-19+. The lowest BCUT2D eigenvalue weighted by molar-refractivity contribution is 0.585. The molecule has 0 aromatic heterocycles. The van der Waals surface area contributed by atoms with E-state index in [-0.39, 0.29) is 5.41 Å². The van der Waals surface area contributed by atoms with E-state index in [4.69, 9.17) is 5.73 Å². The molecule has 0 bridgehead atoms. The molecule has 0 heterocycles. The third kappa shape index (κ3) is 4.65. The van der Waals surface area contributed by atoms with Crippen LogP contribution in [0.2, 0.25) is 0 Å². The van der Waals surface area contributed by atoms with Gasteiger partial charge in [-0.15, -0.1) is 0 Å². The third-order valence-electron chi connectivity index (χ3n) is 5.28. The summed E-state index contributed by atoms with van der Waals surface area (Å²) < 4.78 is 0. The van der Waals surface area contributed by atoms with Crippen molar-refractivity contribution in [3.05, 3.63) is 69.6 Å². The summed E-state index contributed by atoms with van der Waals surface area (Å²) in [5.74, 6) is 0.554. The zero-order chi connectivity index (χ0) is 19.3. The first-order valence-electron chi connectivity index (χ1n) is 9.90. The molecule has 1 nitrogen and oxygen atoms in total. The molecule has 0 fully saturated rings. The molecule has 0 aliphatic carbocycles. The Morgan fingerprint density at radius 2 is 1.81 bits per heavy atom. The Balaban J connectivity index is 2.77. The van der Waals surface area contributed by atoms with Crippen LogP contribution in [0, 0.1) is 0 Å². The van der Waals surface area contributed by atoms with Crippen LogP contribution in [0.5, 0.6) is 0 Å². The van der Waals surface area contributed by atoms with Crippen LogP contribution in [-0.4, -0.2) is 6.54 Å². The predicted molar refractivity (Wildman–Crippen MR) is 116 cm³/mol. The van der Waals surface area contributed by atoms with Crippen molar-refractivity contribution in [3.8, 4) is 0 Å². The fourth-order valence-corrected chi connectivity index (χ4v) is 3.66. The Morgan fingerprint density at radius 1 is 1.12 bits per heavy atom. The molecule has 26 heavy (non-hydrogen) atoms. The van der Waals surface area contributed by atoms with Crippen molar-refractivity contribution in [1.29, 1.82) is 0 Å². The monoisotopic (exact) mass is 349 g/mol. The summed E-state index contributed by atoms with van der Waals surface area (Å²) in [5.41, 5.74) is 11.5. The quantitative estimate of drug-likeness (QED) is 0.821. The van der Waals surface area contributed by atoms with Gasteiger partial charge in [0.1, 0.15) is 0 Å². The van der Waals surface area contributed by atoms with E-state index in [9.17, 15) is 0 Å². The average Bonchev–Trinajstić information content (AvgIpc) is 2.61. The van der Waals surface area contributed by atoms with Crippen molar-refractivity contribution >= 4 is 11.6 Å². The van der Waals surface area contributed by atoms with Gasteiger partial charge in [-0.2, -0.15) is 0 Å². The van der Waals surface area contributed by atoms with Crippen molar-refractivity contribution in [2.45, 2.75) is 65.7 Å². The minimum atomic E-state index is 0.165. The molecule has 0 saturated heterocycles. The van der Waals surface area contributed by atoms with Gasteiger partial charge in [-0.3, -0.25) is 0 Å². The maximum Gasteiger partial charge on any atom is 0.0115 e. The Kier molecular flexibility index (Phi) is 6.83. The van der Waals surface area contributed by atoms with Crippen LogP contribution in [0.15, 0.2) is 42.5 Å². The maximum absolute atomic E-state index is 5.79. The van der Waals surface area contributed by atoms with E-state index in [1.807, 2.05) is 0 Å². The number of hydrogen-bond donors (Lipinski definition) is 1. The third-order valence-corrected chi connectivity index (χ3v) is 5.28. The smallest absolute Gasteiger partial charge is 0.0115 e.